The summed E-state index contributed by atoms with van der Waals surface area (Å²) in [6, 6.07) is 1.03. The molecule has 3 nitrogen and oxygen atoms in total. The fourth-order valence-corrected chi connectivity index (χ4v) is 3.54. The van der Waals surface area contributed by atoms with E-state index in [9.17, 15) is 31.1 Å². The predicted octanol–water partition coefficient (Wildman–Crippen LogP) is 5.15. The molecule has 0 atom stereocenters. The van der Waals surface area contributed by atoms with E-state index in [1.165, 1.54) is 11.9 Å². The highest BCUT2D eigenvalue weighted by molar-refractivity contribution is 5.74. The normalized spacial score (nSPS) is 19.3. The third-order valence-corrected chi connectivity index (χ3v) is 5.45. The van der Waals surface area contributed by atoms with Crippen LogP contribution in [0.2, 0.25) is 0 Å². The molecule has 2 fully saturated rings. The first-order valence-electron chi connectivity index (χ1n) is 8.68. The first-order valence-corrected chi connectivity index (χ1v) is 8.68. The van der Waals surface area contributed by atoms with Crippen LogP contribution in [-0.4, -0.2) is 36.0 Å². The zero-order valence-corrected chi connectivity index (χ0v) is 14.8. The van der Waals surface area contributed by atoms with Crippen LogP contribution in [0, 0.1) is 5.41 Å². The zero-order chi connectivity index (χ0) is 20.0. The Morgan fingerprint density at radius 3 is 1.85 bits per heavy atom. The number of amides is 2. The van der Waals surface area contributed by atoms with E-state index in [0.29, 0.717) is 30.6 Å². The number of urea groups is 1. The smallest absolute Gasteiger partial charge is 0.325 e. The lowest BCUT2D eigenvalue weighted by Crippen LogP contribution is -2.45. The first kappa shape index (κ1) is 19.8. The summed E-state index contributed by atoms with van der Waals surface area (Å²) < 4.78 is 77.7. The predicted molar refractivity (Wildman–Crippen MR) is 85.8 cm³/mol. The third kappa shape index (κ3) is 4.50. The highest BCUT2D eigenvalue weighted by Crippen LogP contribution is 2.53. The van der Waals surface area contributed by atoms with Crippen molar-refractivity contribution in [2.24, 2.45) is 5.41 Å². The Bertz CT molecular complexity index is 681. The van der Waals surface area contributed by atoms with E-state index in [4.69, 9.17) is 0 Å². The van der Waals surface area contributed by atoms with Crippen molar-refractivity contribution in [1.29, 1.82) is 0 Å². The van der Waals surface area contributed by atoms with Gasteiger partial charge in [-0.1, -0.05) is 0 Å². The van der Waals surface area contributed by atoms with Crippen LogP contribution in [0.1, 0.15) is 42.4 Å². The monoisotopic (exact) mass is 394 g/mol. The summed E-state index contributed by atoms with van der Waals surface area (Å²) in [5.41, 5.74) is -2.59. The number of halogens is 6. The van der Waals surface area contributed by atoms with E-state index < -0.39 is 23.5 Å². The molecule has 1 aliphatic carbocycles. The van der Waals surface area contributed by atoms with Gasteiger partial charge in [0.25, 0.3) is 0 Å². The first-order chi connectivity index (χ1) is 12.4. The number of piperidine rings is 1. The number of likely N-dealkylation sites (tertiary alicyclic amines) is 1. The van der Waals surface area contributed by atoms with Crippen molar-refractivity contribution in [2.45, 2.75) is 44.6 Å². The Kier molecular flexibility index (Phi) is 4.84. The number of carbonyl (C=O) groups is 1. The van der Waals surface area contributed by atoms with Gasteiger partial charge in [-0.2, -0.15) is 26.3 Å². The average Bonchev–Trinajstić information content (AvgIpc) is 3.32. The third-order valence-electron chi connectivity index (χ3n) is 5.45. The van der Waals surface area contributed by atoms with Crippen molar-refractivity contribution in [3.63, 3.8) is 0 Å². The zero-order valence-electron chi connectivity index (χ0n) is 14.8. The molecule has 27 heavy (non-hydrogen) atoms. The van der Waals surface area contributed by atoms with Gasteiger partial charge in [0.05, 0.1) is 11.1 Å². The summed E-state index contributed by atoms with van der Waals surface area (Å²) >= 11 is 0. The second-order valence-corrected chi connectivity index (χ2v) is 7.54. The van der Waals surface area contributed by atoms with Gasteiger partial charge in [0, 0.05) is 26.7 Å². The van der Waals surface area contributed by atoms with Gasteiger partial charge >= 0.3 is 18.4 Å². The van der Waals surface area contributed by atoms with E-state index in [1.807, 2.05) is 0 Å². The van der Waals surface area contributed by atoms with E-state index in [0.717, 1.165) is 25.7 Å². The molecule has 0 unspecified atom stereocenters. The van der Waals surface area contributed by atoms with Crippen molar-refractivity contribution < 1.29 is 31.1 Å². The Hall–Kier alpha value is -1.93. The summed E-state index contributed by atoms with van der Waals surface area (Å²) in [5, 5.41) is 0. The summed E-state index contributed by atoms with van der Waals surface area (Å²) in [6.45, 7) is 0.812. The molecule has 1 saturated heterocycles. The van der Waals surface area contributed by atoms with Crippen molar-refractivity contribution in [3.8, 4) is 0 Å². The van der Waals surface area contributed by atoms with Crippen LogP contribution in [0.4, 0.5) is 31.1 Å². The number of hydrogen-bond donors (Lipinski definition) is 0. The van der Waals surface area contributed by atoms with E-state index in [2.05, 4.69) is 0 Å². The maximum atomic E-state index is 12.9. The molecule has 0 bridgehead atoms. The van der Waals surface area contributed by atoms with E-state index >= 15 is 0 Å². The van der Waals surface area contributed by atoms with Gasteiger partial charge in [0.2, 0.25) is 0 Å². The molecule has 150 valence electrons. The quantitative estimate of drug-likeness (QED) is 0.637. The topological polar surface area (TPSA) is 23.6 Å². The van der Waals surface area contributed by atoms with Crippen LogP contribution in [0.15, 0.2) is 18.2 Å². The van der Waals surface area contributed by atoms with Crippen molar-refractivity contribution in [1.82, 2.24) is 9.80 Å². The molecule has 1 aromatic rings. The Morgan fingerprint density at radius 1 is 0.963 bits per heavy atom. The molecule has 2 aliphatic rings. The SMILES string of the molecule is CN(Cc1cc(C(F)(F)F)cc(C(F)(F)F)c1)C(=O)N1CCC2(CC1)CC2. The number of carbonyl (C=O) groups excluding carboxylic acids is 1. The molecule has 0 N–H and O–H groups in total. The number of nitrogens with zero attached hydrogens (tertiary/aromatic N) is 2. The highest BCUT2D eigenvalue weighted by atomic mass is 19.4. The molecule has 1 spiro atoms. The van der Waals surface area contributed by atoms with Crippen LogP contribution in [-0.2, 0) is 18.9 Å². The van der Waals surface area contributed by atoms with Crippen LogP contribution in [0.3, 0.4) is 0 Å². The Balaban J connectivity index is 1.74. The van der Waals surface area contributed by atoms with Gasteiger partial charge in [0.1, 0.15) is 0 Å². The largest absolute Gasteiger partial charge is 0.416 e. The molecule has 1 aliphatic heterocycles. The molecule has 0 aromatic heterocycles. The number of benzene rings is 1. The summed E-state index contributed by atoms with van der Waals surface area (Å²) in [5.74, 6) is 0. The van der Waals surface area contributed by atoms with Crippen LogP contribution in [0.5, 0.6) is 0 Å². The highest BCUT2D eigenvalue weighted by Gasteiger charge is 2.45. The standard InChI is InChI=1S/C18H20F6N2O/c1-25(15(27)26-6-4-16(2-3-16)5-7-26)11-12-8-13(17(19,20)21)10-14(9-12)18(22,23)24/h8-10H,2-7,11H2,1H3. The molecule has 3 rings (SSSR count). The van der Waals surface area contributed by atoms with Gasteiger partial charge in [-0.25, -0.2) is 4.79 Å². The molecule has 1 aromatic carbocycles. The number of hydrogen-bond acceptors (Lipinski definition) is 1. The molecule has 0 radical (unpaired) electrons. The molecule has 1 heterocycles. The van der Waals surface area contributed by atoms with Crippen molar-refractivity contribution in [3.05, 3.63) is 34.9 Å². The van der Waals surface area contributed by atoms with E-state index in [-0.39, 0.29) is 24.2 Å². The van der Waals surface area contributed by atoms with Crippen LogP contribution < -0.4 is 0 Å². The fraction of sp³-hybridized carbons (Fsp3) is 0.611. The lowest BCUT2D eigenvalue weighted by Gasteiger charge is -2.35. The van der Waals surface area contributed by atoms with Gasteiger partial charge in [-0.15, -0.1) is 0 Å². The summed E-state index contributed by atoms with van der Waals surface area (Å²) in [4.78, 5) is 15.3. The van der Waals surface area contributed by atoms with Gasteiger partial charge < -0.3 is 9.80 Å². The van der Waals surface area contributed by atoms with Crippen LogP contribution in [0.25, 0.3) is 0 Å². The average molecular weight is 394 g/mol. The summed E-state index contributed by atoms with van der Waals surface area (Å²) in [7, 11) is 1.39. The minimum atomic E-state index is -4.90. The lowest BCUT2D eigenvalue weighted by atomic mass is 9.94. The number of rotatable bonds is 2. The van der Waals surface area contributed by atoms with Crippen molar-refractivity contribution in [2.75, 3.05) is 20.1 Å². The van der Waals surface area contributed by atoms with E-state index in [1.54, 1.807) is 4.90 Å². The molecule has 9 heteroatoms. The van der Waals surface area contributed by atoms with Crippen molar-refractivity contribution >= 4 is 6.03 Å². The molecule has 2 amide bonds. The molecular weight excluding hydrogens is 374 g/mol. The van der Waals surface area contributed by atoms with Gasteiger partial charge in [-0.3, -0.25) is 0 Å². The Labute approximate surface area is 152 Å². The minimum absolute atomic E-state index is 0.0883. The molecular formula is C18H20F6N2O. The fourth-order valence-electron chi connectivity index (χ4n) is 3.54. The van der Waals surface area contributed by atoms with Gasteiger partial charge in [-0.05, 0) is 54.9 Å². The summed E-state index contributed by atoms with van der Waals surface area (Å²) in [6.07, 6.45) is -5.68. The van der Waals surface area contributed by atoms with Gasteiger partial charge in [0.15, 0.2) is 0 Å². The second-order valence-electron chi connectivity index (χ2n) is 7.54. The van der Waals surface area contributed by atoms with Crippen LogP contribution >= 0.6 is 0 Å². The maximum Gasteiger partial charge on any atom is 0.416 e. The second kappa shape index (κ2) is 6.60. The molecule has 1 saturated carbocycles. The lowest BCUT2D eigenvalue weighted by molar-refractivity contribution is -0.143. The number of alkyl halides is 6. The Morgan fingerprint density at radius 2 is 1.44 bits per heavy atom. The maximum absolute atomic E-state index is 12.9. The minimum Gasteiger partial charge on any atom is -0.325 e.